The van der Waals surface area contributed by atoms with E-state index >= 15 is 0 Å². The molecule has 0 spiro atoms. The average molecular weight is 243 g/mol. The Bertz CT molecular complexity index is 270. The molecule has 4 nitrogen and oxygen atoms in total. The molecule has 1 heterocycles. The maximum Gasteiger partial charge on any atom is 0.412 e. The minimum atomic E-state index is -0.591. The van der Waals surface area contributed by atoms with Crippen LogP contribution in [0.25, 0.3) is 0 Å². The van der Waals surface area contributed by atoms with Crippen LogP contribution in [0.2, 0.25) is 0 Å². The lowest BCUT2D eigenvalue weighted by Crippen LogP contribution is -2.53. The van der Waals surface area contributed by atoms with E-state index in [1.807, 2.05) is 34.6 Å². The van der Waals surface area contributed by atoms with Gasteiger partial charge in [-0.3, -0.25) is 4.90 Å². The molecule has 1 rings (SSSR count). The van der Waals surface area contributed by atoms with Gasteiger partial charge in [0.15, 0.2) is 0 Å². The van der Waals surface area contributed by atoms with Gasteiger partial charge in [-0.15, -0.1) is 0 Å². The number of hydrogen-bond acceptors (Lipinski definition) is 3. The fraction of sp³-hybridized carbons (Fsp3) is 0.923. The molecule has 1 aliphatic heterocycles. The zero-order valence-electron chi connectivity index (χ0n) is 11.9. The summed E-state index contributed by atoms with van der Waals surface area (Å²) in [6, 6.07) is 0. The summed E-state index contributed by atoms with van der Waals surface area (Å²) in [6.07, 6.45) is 1.58. The molecular formula is C13H25NO3. The Morgan fingerprint density at radius 2 is 2.00 bits per heavy atom. The van der Waals surface area contributed by atoms with Crippen molar-refractivity contribution in [1.29, 1.82) is 0 Å². The number of carbonyl (C=O) groups is 1. The summed E-state index contributed by atoms with van der Waals surface area (Å²) in [7, 11) is 0. The summed E-state index contributed by atoms with van der Waals surface area (Å²) >= 11 is 0. The third-order valence-corrected chi connectivity index (χ3v) is 3.10. The highest BCUT2D eigenvalue weighted by atomic mass is 16.6. The number of rotatable bonds is 3. The molecule has 0 radical (unpaired) electrons. The van der Waals surface area contributed by atoms with Gasteiger partial charge < -0.3 is 9.47 Å². The van der Waals surface area contributed by atoms with Gasteiger partial charge in [-0.2, -0.15) is 0 Å². The van der Waals surface area contributed by atoms with Crippen LogP contribution in [0.5, 0.6) is 0 Å². The zero-order valence-corrected chi connectivity index (χ0v) is 11.9. The quantitative estimate of drug-likeness (QED) is 0.764. The standard InChI is InChI=1S/C13H25NO3/c1-7-8-10(2)17-11(15)14-12(3,4)9-16-13(14,5)6/h10H,7-9H2,1-6H3. The fourth-order valence-corrected chi connectivity index (χ4v) is 2.37. The highest BCUT2D eigenvalue weighted by Crippen LogP contribution is 2.35. The van der Waals surface area contributed by atoms with Crippen LogP contribution in [0.4, 0.5) is 4.79 Å². The third-order valence-electron chi connectivity index (χ3n) is 3.10. The summed E-state index contributed by atoms with van der Waals surface area (Å²) in [5.41, 5.74) is -0.904. The van der Waals surface area contributed by atoms with Crippen molar-refractivity contribution in [3.05, 3.63) is 0 Å². The van der Waals surface area contributed by atoms with Gasteiger partial charge in [0.05, 0.1) is 12.1 Å². The van der Waals surface area contributed by atoms with Gasteiger partial charge in [0.25, 0.3) is 0 Å². The van der Waals surface area contributed by atoms with Crippen LogP contribution < -0.4 is 0 Å². The summed E-state index contributed by atoms with van der Waals surface area (Å²) in [6.45, 7) is 12.3. The van der Waals surface area contributed by atoms with Crippen LogP contribution in [-0.2, 0) is 9.47 Å². The number of ether oxygens (including phenoxy) is 2. The van der Waals surface area contributed by atoms with E-state index in [1.165, 1.54) is 0 Å². The predicted molar refractivity (Wildman–Crippen MR) is 66.8 cm³/mol. The van der Waals surface area contributed by atoms with Gasteiger partial charge in [0, 0.05) is 0 Å². The molecule has 0 aromatic rings. The van der Waals surface area contributed by atoms with Crippen LogP contribution in [0, 0.1) is 0 Å². The van der Waals surface area contributed by atoms with Crippen molar-refractivity contribution in [2.24, 2.45) is 0 Å². The van der Waals surface area contributed by atoms with E-state index in [4.69, 9.17) is 9.47 Å². The lowest BCUT2D eigenvalue weighted by Gasteiger charge is -2.37. The van der Waals surface area contributed by atoms with Crippen LogP contribution in [0.1, 0.15) is 54.4 Å². The van der Waals surface area contributed by atoms with Crippen molar-refractivity contribution >= 4 is 6.09 Å². The van der Waals surface area contributed by atoms with Gasteiger partial charge in [-0.1, -0.05) is 13.3 Å². The molecule has 17 heavy (non-hydrogen) atoms. The molecule has 0 aromatic heterocycles. The first-order valence-electron chi connectivity index (χ1n) is 6.35. The highest BCUT2D eigenvalue weighted by Gasteiger charge is 2.49. The zero-order chi connectivity index (χ0) is 13.3. The van der Waals surface area contributed by atoms with Crippen molar-refractivity contribution in [2.45, 2.75) is 71.8 Å². The predicted octanol–water partition coefficient (Wildman–Crippen LogP) is 3.16. The molecule has 0 bridgehead atoms. The summed E-state index contributed by atoms with van der Waals surface area (Å²) in [4.78, 5) is 13.9. The molecule has 4 heteroatoms. The van der Waals surface area contributed by atoms with Crippen molar-refractivity contribution in [3.8, 4) is 0 Å². The fourth-order valence-electron chi connectivity index (χ4n) is 2.37. The first-order valence-corrected chi connectivity index (χ1v) is 6.35. The van der Waals surface area contributed by atoms with Gasteiger partial charge in [-0.05, 0) is 41.0 Å². The Hall–Kier alpha value is -0.770. The van der Waals surface area contributed by atoms with E-state index < -0.39 is 5.72 Å². The Morgan fingerprint density at radius 3 is 2.41 bits per heavy atom. The Balaban J connectivity index is 2.73. The van der Waals surface area contributed by atoms with Crippen LogP contribution >= 0.6 is 0 Å². The van der Waals surface area contributed by atoms with Gasteiger partial charge >= 0.3 is 6.09 Å². The number of amides is 1. The molecule has 1 aliphatic rings. The van der Waals surface area contributed by atoms with Crippen molar-refractivity contribution in [2.75, 3.05) is 6.61 Å². The van der Waals surface area contributed by atoms with E-state index in [2.05, 4.69) is 6.92 Å². The molecule has 0 saturated carbocycles. The van der Waals surface area contributed by atoms with E-state index in [9.17, 15) is 4.79 Å². The maximum absolute atomic E-state index is 12.2. The number of nitrogens with zero attached hydrogens (tertiary/aromatic N) is 1. The molecule has 0 aliphatic carbocycles. The first-order chi connectivity index (χ1) is 7.70. The average Bonchev–Trinajstić information content (AvgIpc) is 2.35. The van der Waals surface area contributed by atoms with Crippen LogP contribution in [0.15, 0.2) is 0 Å². The smallest absolute Gasteiger partial charge is 0.412 e. The normalized spacial score (nSPS) is 23.5. The second kappa shape index (κ2) is 4.84. The minimum Gasteiger partial charge on any atom is -0.446 e. The van der Waals surface area contributed by atoms with E-state index in [0.717, 1.165) is 12.8 Å². The Morgan fingerprint density at radius 1 is 1.41 bits per heavy atom. The Kier molecular flexibility index (Phi) is 4.07. The molecule has 1 saturated heterocycles. The van der Waals surface area contributed by atoms with Crippen molar-refractivity contribution < 1.29 is 14.3 Å². The topological polar surface area (TPSA) is 38.8 Å². The van der Waals surface area contributed by atoms with E-state index in [1.54, 1.807) is 4.90 Å². The monoisotopic (exact) mass is 243 g/mol. The molecule has 1 unspecified atom stereocenters. The van der Waals surface area contributed by atoms with Crippen LogP contribution in [-0.4, -0.2) is 35.0 Å². The lowest BCUT2D eigenvalue weighted by molar-refractivity contribution is -0.0576. The van der Waals surface area contributed by atoms with Gasteiger partial charge in [0.1, 0.15) is 11.8 Å². The molecule has 1 fully saturated rings. The molecule has 0 N–H and O–H groups in total. The second-order valence-electron chi connectivity index (χ2n) is 5.87. The molecule has 100 valence electrons. The summed E-state index contributed by atoms with van der Waals surface area (Å²) in [5.74, 6) is 0. The molecular weight excluding hydrogens is 218 g/mol. The SMILES string of the molecule is CCCC(C)OC(=O)N1C(C)(C)COC1(C)C. The molecule has 1 atom stereocenters. The number of hydrogen-bond donors (Lipinski definition) is 0. The number of carbonyl (C=O) groups excluding carboxylic acids is 1. The first kappa shape index (κ1) is 14.3. The minimum absolute atomic E-state index is 0.0419. The summed E-state index contributed by atoms with van der Waals surface area (Å²) < 4.78 is 11.1. The van der Waals surface area contributed by atoms with E-state index in [-0.39, 0.29) is 17.7 Å². The molecule has 0 aromatic carbocycles. The van der Waals surface area contributed by atoms with Gasteiger partial charge in [-0.25, -0.2) is 4.79 Å². The largest absolute Gasteiger partial charge is 0.446 e. The molecule has 1 amide bonds. The highest BCUT2D eigenvalue weighted by molar-refractivity contribution is 5.70. The van der Waals surface area contributed by atoms with Crippen molar-refractivity contribution in [3.63, 3.8) is 0 Å². The Labute approximate surface area is 104 Å². The van der Waals surface area contributed by atoms with Crippen molar-refractivity contribution in [1.82, 2.24) is 4.90 Å². The van der Waals surface area contributed by atoms with Gasteiger partial charge in [0.2, 0.25) is 0 Å². The lowest BCUT2D eigenvalue weighted by atomic mass is 10.0. The third kappa shape index (κ3) is 3.12. The maximum atomic E-state index is 12.2. The van der Waals surface area contributed by atoms with E-state index in [0.29, 0.717) is 6.61 Å². The second-order valence-corrected chi connectivity index (χ2v) is 5.87. The van der Waals surface area contributed by atoms with Crippen LogP contribution in [0.3, 0.4) is 0 Å². The summed E-state index contributed by atoms with van der Waals surface area (Å²) in [5, 5.41) is 0.